The topological polar surface area (TPSA) is 105 Å². The largest absolute Gasteiger partial charge is 0.348 e. The lowest BCUT2D eigenvalue weighted by atomic mass is 10.1. The number of fused-ring (bicyclic) bond motifs is 1. The third-order valence-electron chi connectivity index (χ3n) is 5.66. The van der Waals surface area contributed by atoms with Crippen LogP contribution in [0, 0.1) is 0 Å². The summed E-state index contributed by atoms with van der Waals surface area (Å²) in [5, 5.41) is 9.98. The standard InChI is InChI=1S/C22H22FN7O2/c1-13(14-5-3-2-4-6-14)25-21-27-19-16(9-15-10-18(31)26-20(15)32)11-24-30(19)22(28-21)29-8-7-17(23)12-29/h2-6,9,11,13,17H,7-8,10,12H2,1H3,(H,25,27)(H,26,31,32)/b15-9+/t13-,17+/m0/s1. The summed E-state index contributed by atoms with van der Waals surface area (Å²) in [6, 6.07) is 9.83. The van der Waals surface area contributed by atoms with E-state index in [1.165, 1.54) is 0 Å². The van der Waals surface area contributed by atoms with Crippen molar-refractivity contribution in [2.24, 2.45) is 0 Å². The highest BCUT2D eigenvalue weighted by molar-refractivity contribution is 6.15. The van der Waals surface area contributed by atoms with E-state index < -0.39 is 12.1 Å². The number of anilines is 2. The van der Waals surface area contributed by atoms with Crippen molar-refractivity contribution in [3.8, 4) is 0 Å². The quantitative estimate of drug-likeness (QED) is 0.468. The van der Waals surface area contributed by atoms with Crippen LogP contribution in [0.3, 0.4) is 0 Å². The maximum absolute atomic E-state index is 13.9. The molecule has 164 valence electrons. The summed E-state index contributed by atoms with van der Waals surface area (Å²) in [4.78, 5) is 34.7. The van der Waals surface area contributed by atoms with Gasteiger partial charge in [-0.25, -0.2) is 4.39 Å². The molecule has 2 N–H and O–H groups in total. The average molecular weight is 435 g/mol. The van der Waals surface area contributed by atoms with E-state index in [9.17, 15) is 14.0 Å². The molecule has 2 aliphatic rings. The second-order valence-corrected chi connectivity index (χ2v) is 8.01. The number of alkyl halides is 1. The Bertz CT molecular complexity index is 1220. The molecule has 32 heavy (non-hydrogen) atoms. The first-order chi connectivity index (χ1) is 15.5. The van der Waals surface area contributed by atoms with Gasteiger partial charge in [0.15, 0.2) is 5.65 Å². The van der Waals surface area contributed by atoms with Crippen molar-refractivity contribution < 1.29 is 14.0 Å². The number of rotatable bonds is 5. The van der Waals surface area contributed by atoms with Crippen molar-refractivity contribution in [2.45, 2.75) is 32.0 Å². The van der Waals surface area contributed by atoms with E-state index in [0.717, 1.165) is 5.56 Å². The molecule has 0 spiro atoms. The Morgan fingerprint density at radius 1 is 1.25 bits per heavy atom. The molecule has 2 atom stereocenters. The molecule has 2 fully saturated rings. The van der Waals surface area contributed by atoms with Gasteiger partial charge in [0, 0.05) is 17.7 Å². The molecule has 9 nitrogen and oxygen atoms in total. The minimum absolute atomic E-state index is 0.0138. The number of hydrogen-bond acceptors (Lipinski definition) is 7. The lowest BCUT2D eigenvalue weighted by Gasteiger charge is -2.20. The molecule has 0 aliphatic carbocycles. The van der Waals surface area contributed by atoms with Crippen LogP contribution in [0.15, 0.2) is 42.1 Å². The van der Waals surface area contributed by atoms with Crippen LogP contribution in [0.2, 0.25) is 0 Å². The van der Waals surface area contributed by atoms with Crippen molar-refractivity contribution in [1.82, 2.24) is 24.9 Å². The predicted molar refractivity (Wildman–Crippen MR) is 117 cm³/mol. The van der Waals surface area contributed by atoms with Gasteiger partial charge in [0.1, 0.15) is 6.17 Å². The smallest absolute Gasteiger partial charge is 0.254 e. The van der Waals surface area contributed by atoms with Gasteiger partial charge in [-0.2, -0.15) is 19.6 Å². The van der Waals surface area contributed by atoms with Gasteiger partial charge in [0.05, 0.1) is 25.2 Å². The van der Waals surface area contributed by atoms with Gasteiger partial charge in [0.25, 0.3) is 5.91 Å². The van der Waals surface area contributed by atoms with Crippen molar-refractivity contribution >= 4 is 35.4 Å². The number of carbonyl (C=O) groups excluding carboxylic acids is 2. The highest BCUT2D eigenvalue weighted by Crippen LogP contribution is 2.26. The molecule has 2 aromatic heterocycles. The SMILES string of the molecule is C[C@H](Nc1nc(N2CC[C@@H](F)C2)n2ncc(/C=C3\CC(=O)NC3=O)c2n1)c1ccccc1. The summed E-state index contributed by atoms with van der Waals surface area (Å²) in [7, 11) is 0. The fourth-order valence-corrected chi connectivity index (χ4v) is 3.98. The van der Waals surface area contributed by atoms with E-state index >= 15 is 0 Å². The second kappa shape index (κ2) is 8.03. The highest BCUT2D eigenvalue weighted by atomic mass is 19.1. The number of imide groups is 1. The third-order valence-corrected chi connectivity index (χ3v) is 5.66. The molecular weight excluding hydrogens is 413 g/mol. The van der Waals surface area contributed by atoms with Crippen LogP contribution in [0.4, 0.5) is 16.3 Å². The van der Waals surface area contributed by atoms with E-state index in [4.69, 9.17) is 0 Å². The van der Waals surface area contributed by atoms with Gasteiger partial charge >= 0.3 is 0 Å². The van der Waals surface area contributed by atoms with Crippen molar-refractivity contribution in [3.05, 3.63) is 53.2 Å². The third kappa shape index (κ3) is 3.79. The molecular formula is C22H22FN7O2. The summed E-state index contributed by atoms with van der Waals surface area (Å²) >= 11 is 0. The average Bonchev–Trinajstić information content (AvgIpc) is 3.47. The summed E-state index contributed by atoms with van der Waals surface area (Å²) in [6.07, 6.45) is 2.70. The Morgan fingerprint density at radius 3 is 2.75 bits per heavy atom. The monoisotopic (exact) mass is 435 g/mol. The minimum atomic E-state index is -0.926. The Balaban J connectivity index is 1.57. The summed E-state index contributed by atoms with van der Waals surface area (Å²) in [5.41, 5.74) is 2.47. The molecule has 5 rings (SSSR count). The Labute approximate surface area is 183 Å². The first-order valence-electron chi connectivity index (χ1n) is 10.5. The number of nitrogens with one attached hydrogen (secondary N) is 2. The molecule has 0 unspecified atom stereocenters. The van der Waals surface area contributed by atoms with Crippen molar-refractivity contribution in [3.63, 3.8) is 0 Å². The van der Waals surface area contributed by atoms with Gasteiger partial charge in [-0.05, 0) is 25.0 Å². The molecule has 2 saturated heterocycles. The fourth-order valence-electron chi connectivity index (χ4n) is 3.98. The molecule has 0 radical (unpaired) electrons. The molecule has 0 saturated carbocycles. The van der Waals surface area contributed by atoms with Gasteiger partial charge in [-0.1, -0.05) is 30.3 Å². The maximum atomic E-state index is 13.9. The van der Waals surface area contributed by atoms with Crippen LogP contribution >= 0.6 is 0 Å². The highest BCUT2D eigenvalue weighted by Gasteiger charge is 2.28. The summed E-state index contributed by atoms with van der Waals surface area (Å²) in [5.74, 6) is 0.102. The second-order valence-electron chi connectivity index (χ2n) is 8.01. The van der Waals surface area contributed by atoms with Gasteiger partial charge < -0.3 is 10.2 Å². The van der Waals surface area contributed by atoms with Crippen LogP contribution in [0.1, 0.15) is 36.9 Å². The van der Waals surface area contributed by atoms with E-state index in [1.54, 1.807) is 16.8 Å². The molecule has 0 bridgehead atoms. The number of benzene rings is 1. The van der Waals surface area contributed by atoms with Gasteiger partial charge in [-0.15, -0.1) is 0 Å². The van der Waals surface area contributed by atoms with Gasteiger partial charge in [-0.3, -0.25) is 14.9 Å². The number of carbonyl (C=O) groups is 2. The lowest BCUT2D eigenvalue weighted by Crippen LogP contribution is -2.25. The number of nitrogens with zero attached hydrogens (tertiary/aromatic N) is 5. The predicted octanol–water partition coefficient (Wildman–Crippen LogP) is 2.28. The number of halogens is 1. The van der Waals surface area contributed by atoms with Crippen LogP contribution in [0.25, 0.3) is 11.7 Å². The zero-order valence-electron chi connectivity index (χ0n) is 17.5. The van der Waals surface area contributed by atoms with Crippen LogP contribution in [-0.2, 0) is 9.59 Å². The molecule has 4 heterocycles. The zero-order chi connectivity index (χ0) is 22.2. The normalized spacial score (nSPS) is 20.9. The lowest BCUT2D eigenvalue weighted by molar-refractivity contribution is -0.124. The number of amides is 2. The molecule has 2 amide bonds. The zero-order valence-corrected chi connectivity index (χ0v) is 17.5. The van der Waals surface area contributed by atoms with E-state index in [2.05, 4.69) is 25.7 Å². The fraction of sp³-hybridized carbons (Fsp3) is 0.318. The molecule has 1 aromatic carbocycles. The minimum Gasteiger partial charge on any atom is -0.348 e. The Kier molecular flexibility index (Phi) is 5.04. The van der Waals surface area contributed by atoms with E-state index in [0.29, 0.717) is 41.6 Å². The first kappa shape index (κ1) is 20.1. The molecule has 10 heteroatoms. The van der Waals surface area contributed by atoms with Crippen LogP contribution in [-0.4, -0.2) is 50.7 Å². The van der Waals surface area contributed by atoms with Crippen molar-refractivity contribution in [1.29, 1.82) is 0 Å². The number of hydrogen-bond donors (Lipinski definition) is 2. The van der Waals surface area contributed by atoms with Crippen LogP contribution in [0.5, 0.6) is 0 Å². The van der Waals surface area contributed by atoms with Crippen LogP contribution < -0.4 is 15.5 Å². The first-order valence-corrected chi connectivity index (χ1v) is 10.5. The number of aromatic nitrogens is 4. The Morgan fingerprint density at radius 2 is 2.06 bits per heavy atom. The van der Waals surface area contributed by atoms with Gasteiger partial charge in [0.2, 0.25) is 17.8 Å². The molecule has 2 aliphatic heterocycles. The summed E-state index contributed by atoms with van der Waals surface area (Å²) in [6.45, 7) is 2.75. The van der Waals surface area contributed by atoms with E-state index in [-0.39, 0.29) is 24.9 Å². The van der Waals surface area contributed by atoms with E-state index in [1.807, 2.05) is 42.2 Å². The maximum Gasteiger partial charge on any atom is 0.254 e. The molecule has 3 aromatic rings. The Hall–Kier alpha value is -3.82. The summed E-state index contributed by atoms with van der Waals surface area (Å²) < 4.78 is 15.5. The van der Waals surface area contributed by atoms with Crippen molar-refractivity contribution in [2.75, 3.05) is 23.3 Å².